The van der Waals surface area contributed by atoms with Crippen molar-refractivity contribution in [3.8, 4) is 23.1 Å². The van der Waals surface area contributed by atoms with E-state index in [1.807, 2.05) is 54.6 Å². The second kappa shape index (κ2) is 8.63. The predicted molar refractivity (Wildman–Crippen MR) is 102 cm³/mol. The van der Waals surface area contributed by atoms with Crippen LogP contribution in [0.3, 0.4) is 0 Å². The molecule has 130 valence electrons. The van der Waals surface area contributed by atoms with Gasteiger partial charge in [0.15, 0.2) is 0 Å². The van der Waals surface area contributed by atoms with E-state index in [0.717, 1.165) is 36.4 Å². The van der Waals surface area contributed by atoms with Gasteiger partial charge in [-0.15, -0.1) is 0 Å². The number of aromatic nitrogens is 2. The lowest BCUT2D eigenvalue weighted by Crippen LogP contribution is -2.01. The molecule has 0 atom stereocenters. The SMILES string of the molecule is CCCCOc1ccc(Nc2ncc(C#N)c(-c3ccccc3)n2)cc1. The number of rotatable bonds is 7. The highest BCUT2D eigenvalue weighted by Crippen LogP contribution is 2.23. The van der Waals surface area contributed by atoms with Crippen molar-refractivity contribution in [1.29, 1.82) is 5.26 Å². The third kappa shape index (κ3) is 4.37. The summed E-state index contributed by atoms with van der Waals surface area (Å²) in [5.41, 5.74) is 2.80. The Balaban J connectivity index is 1.77. The fraction of sp³-hybridized carbons (Fsp3) is 0.190. The molecule has 5 heteroatoms. The summed E-state index contributed by atoms with van der Waals surface area (Å²) in [4.78, 5) is 8.75. The zero-order valence-corrected chi connectivity index (χ0v) is 14.6. The highest BCUT2D eigenvalue weighted by atomic mass is 16.5. The van der Waals surface area contributed by atoms with Gasteiger partial charge in [0.05, 0.1) is 24.1 Å². The topological polar surface area (TPSA) is 70.8 Å². The molecular weight excluding hydrogens is 324 g/mol. The van der Waals surface area contributed by atoms with Gasteiger partial charge in [0, 0.05) is 11.3 Å². The highest BCUT2D eigenvalue weighted by Gasteiger charge is 2.09. The average Bonchev–Trinajstić information content (AvgIpc) is 2.70. The number of nitrogens with zero attached hydrogens (tertiary/aromatic N) is 3. The molecule has 0 radical (unpaired) electrons. The number of hydrogen-bond donors (Lipinski definition) is 1. The van der Waals surface area contributed by atoms with Crippen LogP contribution in [0.25, 0.3) is 11.3 Å². The van der Waals surface area contributed by atoms with Gasteiger partial charge in [-0.05, 0) is 30.7 Å². The van der Waals surface area contributed by atoms with Crippen LogP contribution in [0, 0.1) is 11.3 Å². The van der Waals surface area contributed by atoms with Gasteiger partial charge < -0.3 is 10.1 Å². The van der Waals surface area contributed by atoms with Crippen LogP contribution in [0.5, 0.6) is 5.75 Å². The van der Waals surface area contributed by atoms with Crippen LogP contribution in [0.15, 0.2) is 60.8 Å². The van der Waals surface area contributed by atoms with Crippen molar-refractivity contribution in [2.24, 2.45) is 0 Å². The zero-order chi connectivity index (χ0) is 18.2. The summed E-state index contributed by atoms with van der Waals surface area (Å²) in [5, 5.41) is 12.5. The summed E-state index contributed by atoms with van der Waals surface area (Å²) < 4.78 is 5.66. The van der Waals surface area contributed by atoms with Crippen molar-refractivity contribution < 1.29 is 4.74 Å². The molecule has 1 heterocycles. The van der Waals surface area contributed by atoms with Crippen molar-refractivity contribution in [1.82, 2.24) is 9.97 Å². The smallest absolute Gasteiger partial charge is 0.227 e. The molecule has 0 bridgehead atoms. The number of unbranched alkanes of at least 4 members (excludes halogenated alkanes) is 1. The van der Waals surface area contributed by atoms with E-state index in [1.54, 1.807) is 6.20 Å². The quantitative estimate of drug-likeness (QED) is 0.615. The Labute approximate surface area is 153 Å². The predicted octanol–water partition coefficient (Wildman–Crippen LogP) is 4.94. The van der Waals surface area contributed by atoms with Crippen LogP contribution >= 0.6 is 0 Å². The first-order valence-corrected chi connectivity index (χ1v) is 8.62. The van der Waals surface area contributed by atoms with E-state index < -0.39 is 0 Å². The van der Waals surface area contributed by atoms with Gasteiger partial charge in [-0.2, -0.15) is 5.26 Å². The molecule has 0 saturated heterocycles. The Morgan fingerprint density at radius 3 is 2.54 bits per heavy atom. The van der Waals surface area contributed by atoms with Crippen LogP contribution in [0.4, 0.5) is 11.6 Å². The summed E-state index contributed by atoms with van der Waals surface area (Å²) in [7, 11) is 0. The molecule has 0 aliphatic heterocycles. The van der Waals surface area contributed by atoms with E-state index in [9.17, 15) is 5.26 Å². The van der Waals surface area contributed by atoms with Crippen LogP contribution in [-0.4, -0.2) is 16.6 Å². The Bertz CT molecular complexity index is 886. The normalized spacial score (nSPS) is 10.2. The summed E-state index contributed by atoms with van der Waals surface area (Å²) in [6.45, 7) is 2.86. The fourth-order valence-electron chi connectivity index (χ4n) is 2.44. The fourth-order valence-corrected chi connectivity index (χ4v) is 2.44. The van der Waals surface area contributed by atoms with Crippen molar-refractivity contribution in [3.63, 3.8) is 0 Å². The number of hydrogen-bond acceptors (Lipinski definition) is 5. The Morgan fingerprint density at radius 2 is 1.85 bits per heavy atom. The number of anilines is 2. The lowest BCUT2D eigenvalue weighted by molar-refractivity contribution is 0.309. The van der Waals surface area contributed by atoms with Gasteiger partial charge in [0.25, 0.3) is 0 Å². The second-order valence-corrected chi connectivity index (χ2v) is 5.79. The average molecular weight is 344 g/mol. The minimum Gasteiger partial charge on any atom is -0.494 e. The summed E-state index contributed by atoms with van der Waals surface area (Å²) in [5.74, 6) is 1.29. The standard InChI is InChI=1S/C21H20N4O/c1-2-3-13-26-19-11-9-18(10-12-19)24-21-23-15-17(14-22)20(25-21)16-7-5-4-6-8-16/h4-12,15H,2-3,13H2,1H3,(H,23,24,25). The molecule has 0 fully saturated rings. The van der Waals surface area contributed by atoms with E-state index in [-0.39, 0.29) is 0 Å². The van der Waals surface area contributed by atoms with E-state index in [2.05, 4.69) is 28.3 Å². The molecule has 1 aromatic heterocycles. The number of ether oxygens (including phenoxy) is 1. The molecule has 2 aromatic carbocycles. The van der Waals surface area contributed by atoms with Gasteiger partial charge in [0.1, 0.15) is 11.8 Å². The first-order chi connectivity index (χ1) is 12.8. The van der Waals surface area contributed by atoms with Crippen molar-refractivity contribution in [3.05, 3.63) is 66.4 Å². The molecule has 0 aliphatic carbocycles. The molecule has 3 rings (SSSR count). The number of nitrogens with one attached hydrogen (secondary N) is 1. The Kier molecular flexibility index (Phi) is 5.79. The zero-order valence-electron chi connectivity index (χ0n) is 14.6. The van der Waals surface area contributed by atoms with Crippen molar-refractivity contribution in [2.45, 2.75) is 19.8 Å². The highest BCUT2D eigenvalue weighted by molar-refractivity contribution is 5.68. The van der Waals surface area contributed by atoms with Crippen LogP contribution in [0.1, 0.15) is 25.3 Å². The summed E-state index contributed by atoms with van der Waals surface area (Å²) >= 11 is 0. The lowest BCUT2D eigenvalue weighted by atomic mass is 10.1. The first-order valence-electron chi connectivity index (χ1n) is 8.62. The van der Waals surface area contributed by atoms with Crippen LogP contribution < -0.4 is 10.1 Å². The molecule has 0 saturated carbocycles. The minimum absolute atomic E-state index is 0.446. The third-order valence-electron chi connectivity index (χ3n) is 3.83. The Hall–Kier alpha value is -3.39. The summed E-state index contributed by atoms with van der Waals surface area (Å²) in [6, 6.07) is 19.4. The molecule has 5 nitrogen and oxygen atoms in total. The first kappa shape index (κ1) is 17.4. The molecular formula is C21H20N4O. The van der Waals surface area contributed by atoms with Gasteiger partial charge >= 0.3 is 0 Å². The minimum atomic E-state index is 0.446. The van der Waals surface area contributed by atoms with Gasteiger partial charge in [0.2, 0.25) is 5.95 Å². The second-order valence-electron chi connectivity index (χ2n) is 5.79. The van der Waals surface area contributed by atoms with Gasteiger partial charge in [-0.25, -0.2) is 9.97 Å². The maximum absolute atomic E-state index is 9.32. The molecule has 1 N–H and O–H groups in total. The molecule has 0 aliphatic rings. The third-order valence-corrected chi connectivity index (χ3v) is 3.83. The summed E-state index contributed by atoms with van der Waals surface area (Å²) in [6.07, 6.45) is 3.70. The molecule has 26 heavy (non-hydrogen) atoms. The van der Waals surface area contributed by atoms with Gasteiger partial charge in [-0.1, -0.05) is 43.7 Å². The van der Waals surface area contributed by atoms with Gasteiger partial charge in [-0.3, -0.25) is 0 Å². The van der Waals surface area contributed by atoms with E-state index in [4.69, 9.17) is 4.74 Å². The van der Waals surface area contributed by atoms with Crippen molar-refractivity contribution >= 4 is 11.6 Å². The monoisotopic (exact) mass is 344 g/mol. The van der Waals surface area contributed by atoms with Crippen LogP contribution in [-0.2, 0) is 0 Å². The van der Waals surface area contributed by atoms with E-state index >= 15 is 0 Å². The largest absolute Gasteiger partial charge is 0.494 e. The van der Waals surface area contributed by atoms with E-state index in [1.165, 1.54) is 0 Å². The van der Waals surface area contributed by atoms with Crippen molar-refractivity contribution in [2.75, 3.05) is 11.9 Å². The molecule has 3 aromatic rings. The number of nitriles is 1. The molecule has 0 spiro atoms. The Morgan fingerprint density at radius 1 is 1.08 bits per heavy atom. The maximum Gasteiger partial charge on any atom is 0.227 e. The lowest BCUT2D eigenvalue weighted by Gasteiger charge is -2.09. The van der Waals surface area contributed by atoms with Crippen LogP contribution in [0.2, 0.25) is 0 Å². The number of benzene rings is 2. The molecule has 0 unspecified atom stereocenters. The molecule has 0 amide bonds. The van der Waals surface area contributed by atoms with E-state index in [0.29, 0.717) is 17.2 Å². The maximum atomic E-state index is 9.32.